The van der Waals surface area contributed by atoms with Crippen LogP contribution < -0.4 is 0 Å². The van der Waals surface area contributed by atoms with E-state index < -0.39 is 24.3 Å². The van der Waals surface area contributed by atoms with Gasteiger partial charge in [0, 0.05) is 6.42 Å². The predicted molar refractivity (Wildman–Crippen MR) is 55.6 cm³/mol. The van der Waals surface area contributed by atoms with Crippen molar-refractivity contribution in [3.8, 4) is 0 Å². The van der Waals surface area contributed by atoms with Crippen molar-refractivity contribution < 1.29 is 26.7 Å². The molecule has 18 heavy (non-hydrogen) atoms. The molecule has 0 unspecified atom stereocenters. The summed E-state index contributed by atoms with van der Waals surface area (Å²) in [6.07, 6.45) is -6.78. The smallest absolute Gasteiger partial charge is 0.292 e. The van der Waals surface area contributed by atoms with E-state index in [0.717, 1.165) is 11.1 Å². The first-order valence-electron chi connectivity index (χ1n) is 5.09. The first-order chi connectivity index (χ1) is 8.05. The first kappa shape index (κ1) is 14.6. The van der Waals surface area contributed by atoms with E-state index in [1.54, 1.807) is 19.9 Å². The zero-order chi connectivity index (χ0) is 14.1. The van der Waals surface area contributed by atoms with Crippen molar-refractivity contribution in [1.29, 1.82) is 0 Å². The molecule has 1 aromatic rings. The van der Waals surface area contributed by atoms with Gasteiger partial charge in [-0.1, -0.05) is 18.2 Å². The van der Waals surface area contributed by atoms with Crippen LogP contribution in [0.4, 0.5) is 22.0 Å². The summed E-state index contributed by atoms with van der Waals surface area (Å²) < 4.78 is 61.3. The first-order valence-corrected chi connectivity index (χ1v) is 5.09. The third kappa shape index (κ3) is 2.86. The van der Waals surface area contributed by atoms with Crippen molar-refractivity contribution in [2.45, 2.75) is 32.4 Å². The second-order valence-corrected chi connectivity index (χ2v) is 4.09. The lowest BCUT2D eigenvalue weighted by atomic mass is 10.0. The average Bonchev–Trinajstić information content (AvgIpc) is 2.21. The van der Waals surface area contributed by atoms with Gasteiger partial charge in [0.05, 0.1) is 0 Å². The Morgan fingerprint density at radius 1 is 1.06 bits per heavy atom. The molecule has 0 amide bonds. The van der Waals surface area contributed by atoms with Crippen LogP contribution >= 0.6 is 0 Å². The molecule has 0 bridgehead atoms. The largest absolute Gasteiger partial charge is 0.461 e. The van der Waals surface area contributed by atoms with E-state index in [-0.39, 0.29) is 5.56 Å². The second-order valence-electron chi connectivity index (χ2n) is 4.09. The molecule has 1 rings (SSSR count). The van der Waals surface area contributed by atoms with Gasteiger partial charge in [-0.2, -0.15) is 22.0 Å². The van der Waals surface area contributed by atoms with Gasteiger partial charge in [-0.25, -0.2) is 0 Å². The zero-order valence-corrected chi connectivity index (χ0v) is 9.74. The molecule has 0 saturated carbocycles. The fourth-order valence-corrected chi connectivity index (χ4v) is 1.37. The van der Waals surface area contributed by atoms with Crippen LogP contribution in [0.3, 0.4) is 0 Å². The number of carbonyl (C=O) groups excluding carboxylic acids is 1. The maximum Gasteiger partial charge on any atom is 0.461 e. The monoisotopic (exact) mass is 266 g/mol. The molecule has 6 heteroatoms. The number of hydrogen-bond donors (Lipinski definition) is 0. The van der Waals surface area contributed by atoms with Gasteiger partial charge >= 0.3 is 12.1 Å². The number of carbonyl (C=O) groups is 1. The molecule has 1 nitrogen and oxygen atoms in total. The van der Waals surface area contributed by atoms with Crippen molar-refractivity contribution in [3.63, 3.8) is 0 Å². The SMILES string of the molecule is Cc1ccc(CC(=O)C(F)(F)C(F)(F)F)cc1C. The molecule has 0 radical (unpaired) electrons. The van der Waals surface area contributed by atoms with E-state index in [1.165, 1.54) is 12.1 Å². The quantitative estimate of drug-likeness (QED) is 0.764. The number of halogens is 5. The third-order valence-electron chi connectivity index (χ3n) is 2.64. The summed E-state index contributed by atoms with van der Waals surface area (Å²) in [5, 5.41) is 0. The zero-order valence-electron chi connectivity index (χ0n) is 9.74. The Morgan fingerprint density at radius 2 is 1.61 bits per heavy atom. The fourth-order valence-electron chi connectivity index (χ4n) is 1.37. The Bertz CT molecular complexity index is 462. The molecule has 0 aliphatic carbocycles. The minimum absolute atomic E-state index is 0.145. The second kappa shape index (κ2) is 4.66. The molecule has 100 valence electrons. The molecule has 0 spiro atoms. The predicted octanol–water partition coefficient (Wildman–Crippen LogP) is 3.61. The van der Waals surface area contributed by atoms with Crippen LogP contribution in [0.1, 0.15) is 16.7 Å². The number of alkyl halides is 5. The van der Waals surface area contributed by atoms with E-state index in [4.69, 9.17) is 0 Å². The van der Waals surface area contributed by atoms with Gasteiger partial charge in [-0.15, -0.1) is 0 Å². The van der Waals surface area contributed by atoms with Gasteiger partial charge in [0.2, 0.25) is 5.78 Å². The Labute approximate surface area is 101 Å². The van der Waals surface area contributed by atoms with E-state index in [0.29, 0.717) is 0 Å². The molecule has 0 aliphatic rings. The molecule has 0 fully saturated rings. The Morgan fingerprint density at radius 3 is 2.06 bits per heavy atom. The molecule has 0 heterocycles. The molecule has 0 aromatic heterocycles. The van der Waals surface area contributed by atoms with Crippen LogP contribution in [0, 0.1) is 13.8 Å². The topological polar surface area (TPSA) is 17.1 Å². The standard InChI is InChI=1S/C12H11F5O/c1-7-3-4-9(5-8(7)2)6-10(18)11(13,14)12(15,16)17/h3-5H,6H2,1-2H3. The number of benzene rings is 1. The lowest BCUT2D eigenvalue weighted by Crippen LogP contribution is -2.44. The summed E-state index contributed by atoms with van der Waals surface area (Å²) in [5.41, 5.74) is 1.75. The molecule has 0 aliphatic heterocycles. The lowest BCUT2D eigenvalue weighted by Gasteiger charge is -2.18. The van der Waals surface area contributed by atoms with Crippen LogP contribution in [0.5, 0.6) is 0 Å². The van der Waals surface area contributed by atoms with Crippen molar-refractivity contribution in [1.82, 2.24) is 0 Å². The molecule has 0 saturated heterocycles. The lowest BCUT2D eigenvalue weighted by molar-refractivity contribution is -0.268. The van der Waals surface area contributed by atoms with Crippen molar-refractivity contribution in [2.24, 2.45) is 0 Å². The molecule has 1 aromatic carbocycles. The Kier molecular flexibility index (Phi) is 3.78. The highest BCUT2D eigenvalue weighted by atomic mass is 19.4. The van der Waals surface area contributed by atoms with Gasteiger partial charge in [-0.3, -0.25) is 4.79 Å². The van der Waals surface area contributed by atoms with E-state index >= 15 is 0 Å². The summed E-state index contributed by atoms with van der Waals surface area (Å²) in [4.78, 5) is 11.0. The minimum Gasteiger partial charge on any atom is -0.292 e. The van der Waals surface area contributed by atoms with Crippen LogP contribution in [0.15, 0.2) is 18.2 Å². The number of hydrogen-bond acceptors (Lipinski definition) is 1. The molecular weight excluding hydrogens is 255 g/mol. The van der Waals surface area contributed by atoms with Crippen molar-refractivity contribution in [2.75, 3.05) is 0 Å². The Balaban J connectivity index is 2.91. The highest BCUT2D eigenvalue weighted by Crippen LogP contribution is 2.36. The summed E-state index contributed by atoms with van der Waals surface area (Å²) in [5.74, 6) is -7.44. The minimum atomic E-state index is -5.84. The summed E-state index contributed by atoms with van der Waals surface area (Å²) in [6, 6.07) is 4.37. The number of Topliss-reactive ketones (excluding diaryl/α,β-unsaturated/α-hetero) is 1. The maximum atomic E-state index is 12.7. The van der Waals surface area contributed by atoms with Gasteiger partial charge in [-0.05, 0) is 30.5 Å². The van der Waals surface area contributed by atoms with Gasteiger partial charge < -0.3 is 0 Å². The van der Waals surface area contributed by atoms with Crippen LogP contribution in [0.25, 0.3) is 0 Å². The van der Waals surface area contributed by atoms with Gasteiger partial charge in [0.25, 0.3) is 0 Å². The van der Waals surface area contributed by atoms with Crippen molar-refractivity contribution in [3.05, 3.63) is 34.9 Å². The van der Waals surface area contributed by atoms with Gasteiger partial charge in [0.15, 0.2) is 0 Å². The number of rotatable bonds is 3. The summed E-state index contributed by atoms with van der Waals surface area (Å²) in [7, 11) is 0. The fraction of sp³-hybridized carbons (Fsp3) is 0.417. The Hall–Kier alpha value is -1.46. The summed E-state index contributed by atoms with van der Waals surface area (Å²) >= 11 is 0. The maximum absolute atomic E-state index is 12.7. The third-order valence-corrected chi connectivity index (χ3v) is 2.64. The summed E-state index contributed by atoms with van der Waals surface area (Å²) in [6.45, 7) is 3.45. The molecule has 0 N–H and O–H groups in total. The van der Waals surface area contributed by atoms with E-state index in [1.807, 2.05) is 0 Å². The van der Waals surface area contributed by atoms with Crippen LogP contribution in [-0.2, 0) is 11.2 Å². The van der Waals surface area contributed by atoms with Crippen molar-refractivity contribution >= 4 is 5.78 Å². The van der Waals surface area contributed by atoms with E-state index in [2.05, 4.69) is 0 Å². The van der Waals surface area contributed by atoms with Crippen LogP contribution in [-0.4, -0.2) is 17.9 Å². The molecular formula is C12H11F5O. The number of aryl methyl sites for hydroxylation is 2. The highest BCUT2D eigenvalue weighted by Gasteiger charge is 2.62. The highest BCUT2D eigenvalue weighted by molar-refractivity contribution is 5.88. The normalized spacial score (nSPS) is 12.6. The van der Waals surface area contributed by atoms with Gasteiger partial charge in [0.1, 0.15) is 0 Å². The van der Waals surface area contributed by atoms with E-state index in [9.17, 15) is 26.7 Å². The molecule has 0 atom stereocenters. The average molecular weight is 266 g/mol. The van der Waals surface area contributed by atoms with Crippen LogP contribution in [0.2, 0.25) is 0 Å². The number of ketones is 1.